The highest BCUT2D eigenvalue weighted by molar-refractivity contribution is 7.80. The second-order valence-electron chi connectivity index (χ2n) is 9.19. The SMILES string of the molecule is Cc1ccc2oc(Cc3ccc(NC(=S)NC(=O)c4ccc(C(C)(C)C)cc4)cc3)nc2c1. The molecule has 4 aromatic rings. The Bertz CT molecular complexity index is 1300. The van der Waals surface area contributed by atoms with Crippen LogP contribution in [0.3, 0.4) is 0 Å². The molecule has 0 radical (unpaired) electrons. The number of nitrogens with one attached hydrogen (secondary N) is 2. The van der Waals surface area contributed by atoms with E-state index in [9.17, 15) is 4.79 Å². The van der Waals surface area contributed by atoms with Gasteiger partial charge in [0.05, 0.1) is 0 Å². The molecule has 33 heavy (non-hydrogen) atoms. The Kier molecular flexibility index (Phi) is 6.29. The molecule has 0 saturated heterocycles. The standard InChI is InChI=1S/C27H27N3O2S/c1-17-5-14-23-22(15-17)29-24(32-23)16-18-6-12-21(13-7-18)28-26(33)30-25(31)19-8-10-20(11-9-19)27(2,3)4/h5-15H,16H2,1-4H3,(H2,28,30,31,33). The summed E-state index contributed by atoms with van der Waals surface area (Å²) < 4.78 is 5.84. The molecule has 0 bridgehead atoms. The number of hydrogen-bond donors (Lipinski definition) is 2. The smallest absolute Gasteiger partial charge is 0.257 e. The minimum atomic E-state index is -0.240. The van der Waals surface area contributed by atoms with E-state index in [0.717, 1.165) is 27.9 Å². The van der Waals surface area contributed by atoms with Crippen LogP contribution in [0.1, 0.15) is 53.7 Å². The van der Waals surface area contributed by atoms with Crippen molar-refractivity contribution in [1.82, 2.24) is 10.3 Å². The van der Waals surface area contributed by atoms with Crippen molar-refractivity contribution >= 4 is 40.0 Å². The number of carbonyl (C=O) groups excluding carboxylic acids is 1. The number of anilines is 1. The topological polar surface area (TPSA) is 67.2 Å². The number of fused-ring (bicyclic) bond motifs is 1. The van der Waals surface area contributed by atoms with E-state index in [4.69, 9.17) is 16.6 Å². The molecule has 4 rings (SSSR count). The number of thiocarbonyl (C=S) groups is 1. The maximum Gasteiger partial charge on any atom is 0.257 e. The Labute approximate surface area is 199 Å². The van der Waals surface area contributed by atoms with Crippen LogP contribution in [0.5, 0.6) is 0 Å². The average Bonchev–Trinajstić information content (AvgIpc) is 3.16. The summed E-state index contributed by atoms with van der Waals surface area (Å²) in [5.41, 5.74) is 6.46. The number of hydrogen-bond acceptors (Lipinski definition) is 4. The fourth-order valence-corrected chi connectivity index (χ4v) is 3.71. The predicted molar refractivity (Wildman–Crippen MR) is 137 cm³/mol. The van der Waals surface area contributed by atoms with Gasteiger partial charge in [0.25, 0.3) is 5.91 Å². The molecule has 0 spiro atoms. The first kappa shape index (κ1) is 22.7. The van der Waals surface area contributed by atoms with Crippen LogP contribution < -0.4 is 10.6 Å². The summed E-state index contributed by atoms with van der Waals surface area (Å²) in [6.07, 6.45) is 0.597. The van der Waals surface area contributed by atoms with Gasteiger partial charge in [0.2, 0.25) is 0 Å². The molecule has 168 valence electrons. The van der Waals surface area contributed by atoms with Crippen LogP contribution in [0.15, 0.2) is 71.1 Å². The number of oxazole rings is 1. The molecule has 0 aliphatic rings. The third-order valence-electron chi connectivity index (χ3n) is 5.39. The lowest BCUT2D eigenvalue weighted by molar-refractivity contribution is 0.0977. The van der Waals surface area contributed by atoms with Crippen molar-refractivity contribution in [2.24, 2.45) is 0 Å². The zero-order valence-electron chi connectivity index (χ0n) is 19.2. The van der Waals surface area contributed by atoms with Crippen molar-refractivity contribution in [3.63, 3.8) is 0 Å². The van der Waals surface area contributed by atoms with Gasteiger partial charge in [0.1, 0.15) is 5.52 Å². The summed E-state index contributed by atoms with van der Waals surface area (Å²) in [5, 5.41) is 6.04. The lowest BCUT2D eigenvalue weighted by atomic mass is 9.87. The van der Waals surface area contributed by atoms with Crippen LogP contribution in [-0.4, -0.2) is 16.0 Å². The summed E-state index contributed by atoms with van der Waals surface area (Å²) in [5.74, 6) is 0.437. The zero-order chi connectivity index (χ0) is 23.6. The molecule has 0 fully saturated rings. The van der Waals surface area contributed by atoms with Gasteiger partial charge in [-0.25, -0.2) is 4.98 Å². The first-order valence-corrected chi connectivity index (χ1v) is 11.3. The van der Waals surface area contributed by atoms with Crippen LogP contribution in [-0.2, 0) is 11.8 Å². The predicted octanol–water partition coefficient (Wildman–Crippen LogP) is 6.15. The third kappa shape index (κ3) is 5.65. The number of carbonyl (C=O) groups is 1. The molecule has 1 heterocycles. The number of aromatic nitrogens is 1. The van der Waals surface area contributed by atoms with Crippen molar-refractivity contribution in [2.75, 3.05) is 5.32 Å². The van der Waals surface area contributed by atoms with Gasteiger partial charge in [-0.2, -0.15) is 0 Å². The monoisotopic (exact) mass is 457 g/mol. The molecule has 0 atom stereocenters. The highest BCUT2D eigenvalue weighted by Crippen LogP contribution is 2.22. The Balaban J connectivity index is 1.34. The van der Waals surface area contributed by atoms with E-state index in [1.54, 1.807) is 0 Å². The van der Waals surface area contributed by atoms with E-state index in [2.05, 4.69) is 36.4 Å². The second-order valence-corrected chi connectivity index (χ2v) is 9.60. The molecule has 1 amide bonds. The Morgan fingerprint density at radius 1 is 1.00 bits per heavy atom. The number of amides is 1. The molecule has 0 aliphatic carbocycles. The van der Waals surface area contributed by atoms with Crippen molar-refractivity contribution in [3.05, 3.63) is 94.9 Å². The highest BCUT2D eigenvalue weighted by atomic mass is 32.1. The summed E-state index contributed by atoms with van der Waals surface area (Å²) in [6.45, 7) is 8.45. The fourth-order valence-electron chi connectivity index (χ4n) is 3.50. The molecular formula is C27H27N3O2S. The first-order valence-electron chi connectivity index (χ1n) is 10.9. The van der Waals surface area contributed by atoms with Gasteiger partial charge in [0, 0.05) is 17.7 Å². The Morgan fingerprint density at radius 2 is 1.70 bits per heavy atom. The Hall–Kier alpha value is -3.51. The quantitative estimate of drug-likeness (QED) is 0.360. The van der Waals surface area contributed by atoms with E-state index in [0.29, 0.717) is 17.9 Å². The van der Waals surface area contributed by atoms with Gasteiger partial charge >= 0.3 is 0 Å². The van der Waals surface area contributed by atoms with Crippen LogP contribution in [0.4, 0.5) is 5.69 Å². The molecule has 3 aromatic carbocycles. The van der Waals surface area contributed by atoms with E-state index < -0.39 is 0 Å². The number of aryl methyl sites for hydroxylation is 1. The molecule has 5 nitrogen and oxygen atoms in total. The van der Waals surface area contributed by atoms with E-state index in [-0.39, 0.29) is 16.4 Å². The van der Waals surface area contributed by atoms with Crippen LogP contribution in [0, 0.1) is 6.92 Å². The van der Waals surface area contributed by atoms with E-state index >= 15 is 0 Å². The van der Waals surface area contributed by atoms with Gasteiger partial charge in [-0.05, 0) is 77.6 Å². The lowest BCUT2D eigenvalue weighted by Gasteiger charge is -2.19. The van der Waals surface area contributed by atoms with E-state index in [1.165, 1.54) is 5.56 Å². The summed E-state index contributed by atoms with van der Waals surface area (Å²) in [4.78, 5) is 17.1. The second kappa shape index (κ2) is 9.16. The van der Waals surface area contributed by atoms with Crippen LogP contribution in [0.25, 0.3) is 11.1 Å². The largest absolute Gasteiger partial charge is 0.440 e. The van der Waals surface area contributed by atoms with Gasteiger partial charge in [-0.15, -0.1) is 0 Å². The van der Waals surface area contributed by atoms with Gasteiger partial charge in [0.15, 0.2) is 16.6 Å². The van der Waals surface area contributed by atoms with E-state index in [1.807, 2.05) is 73.7 Å². The molecule has 0 saturated carbocycles. The number of nitrogens with zero attached hydrogens (tertiary/aromatic N) is 1. The van der Waals surface area contributed by atoms with Crippen LogP contribution >= 0.6 is 12.2 Å². The lowest BCUT2D eigenvalue weighted by Crippen LogP contribution is -2.34. The molecule has 6 heteroatoms. The van der Waals surface area contributed by atoms with Crippen molar-refractivity contribution in [2.45, 2.75) is 39.5 Å². The summed E-state index contributed by atoms with van der Waals surface area (Å²) in [6, 6.07) is 21.4. The van der Waals surface area contributed by atoms with Crippen LogP contribution in [0.2, 0.25) is 0 Å². The summed E-state index contributed by atoms with van der Waals surface area (Å²) >= 11 is 5.31. The van der Waals surface area contributed by atoms with Gasteiger partial charge < -0.3 is 9.73 Å². The Morgan fingerprint density at radius 3 is 2.36 bits per heavy atom. The van der Waals surface area contributed by atoms with Gasteiger partial charge in [-0.3, -0.25) is 10.1 Å². The average molecular weight is 458 g/mol. The minimum absolute atomic E-state index is 0.0392. The molecular weight excluding hydrogens is 430 g/mol. The van der Waals surface area contributed by atoms with Gasteiger partial charge in [-0.1, -0.05) is 51.1 Å². The number of rotatable bonds is 4. The minimum Gasteiger partial charge on any atom is -0.440 e. The molecule has 2 N–H and O–H groups in total. The summed E-state index contributed by atoms with van der Waals surface area (Å²) in [7, 11) is 0. The number of benzene rings is 3. The fraction of sp³-hybridized carbons (Fsp3) is 0.222. The highest BCUT2D eigenvalue weighted by Gasteiger charge is 2.15. The van der Waals surface area contributed by atoms with Crippen molar-refractivity contribution in [1.29, 1.82) is 0 Å². The maximum absolute atomic E-state index is 12.5. The maximum atomic E-state index is 12.5. The molecule has 0 aliphatic heterocycles. The molecule has 1 aromatic heterocycles. The first-order chi connectivity index (χ1) is 15.7. The zero-order valence-corrected chi connectivity index (χ0v) is 20.0. The normalized spacial score (nSPS) is 11.4. The molecule has 0 unspecified atom stereocenters. The van der Waals surface area contributed by atoms with Crippen molar-refractivity contribution < 1.29 is 9.21 Å². The van der Waals surface area contributed by atoms with Crippen molar-refractivity contribution in [3.8, 4) is 0 Å². The third-order valence-corrected chi connectivity index (χ3v) is 5.60.